The Labute approximate surface area is 152 Å². The maximum Gasteiger partial charge on any atom is 0.276 e. The minimum atomic E-state index is -0.283. The molecule has 1 aromatic heterocycles. The quantitative estimate of drug-likeness (QED) is 0.703. The van der Waals surface area contributed by atoms with Crippen LogP contribution in [0.5, 0.6) is 5.75 Å². The normalized spacial score (nSPS) is 10.2. The van der Waals surface area contributed by atoms with Crippen LogP contribution in [0.25, 0.3) is 0 Å². The van der Waals surface area contributed by atoms with Gasteiger partial charge in [0.2, 0.25) is 0 Å². The van der Waals surface area contributed by atoms with Crippen molar-refractivity contribution in [1.82, 2.24) is 10.2 Å². The molecule has 0 unspecified atom stereocenters. The lowest BCUT2D eigenvalue weighted by Crippen LogP contribution is -2.15. The first-order chi connectivity index (χ1) is 12.7. The monoisotopic (exact) mass is 348 g/mol. The van der Waals surface area contributed by atoms with Gasteiger partial charge in [0.05, 0.1) is 7.11 Å². The van der Waals surface area contributed by atoms with Gasteiger partial charge in [0.15, 0.2) is 11.5 Å². The zero-order valence-corrected chi connectivity index (χ0v) is 14.7. The molecule has 0 atom stereocenters. The van der Waals surface area contributed by atoms with Crippen LogP contribution in [-0.2, 0) is 6.42 Å². The number of hydrogen-bond donors (Lipinski definition) is 2. The Kier molecular flexibility index (Phi) is 5.43. The smallest absolute Gasteiger partial charge is 0.276 e. The van der Waals surface area contributed by atoms with E-state index in [1.54, 1.807) is 19.2 Å². The number of amides is 1. The third-order valence-corrected chi connectivity index (χ3v) is 3.91. The van der Waals surface area contributed by atoms with Gasteiger partial charge in [-0.25, -0.2) is 0 Å². The fourth-order valence-electron chi connectivity index (χ4n) is 2.48. The molecule has 0 saturated heterocycles. The number of carbonyl (C=O) groups is 1. The van der Waals surface area contributed by atoms with E-state index in [9.17, 15) is 4.79 Å². The number of nitrogens with one attached hydrogen (secondary N) is 2. The van der Waals surface area contributed by atoms with E-state index in [2.05, 4.69) is 20.8 Å². The van der Waals surface area contributed by atoms with Crippen molar-refractivity contribution < 1.29 is 9.53 Å². The lowest BCUT2D eigenvalue weighted by molar-refractivity contribution is 0.102. The molecule has 1 amide bonds. The Bertz CT molecular complexity index is 877. The van der Waals surface area contributed by atoms with Gasteiger partial charge in [-0.1, -0.05) is 25.1 Å². The van der Waals surface area contributed by atoms with E-state index < -0.39 is 0 Å². The second-order valence-electron chi connectivity index (χ2n) is 5.62. The van der Waals surface area contributed by atoms with E-state index >= 15 is 0 Å². The van der Waals surface area contributed by atoms with E-state index in [4.69, 9.17) is 4.74 Å². The van der Waals surface area contributed by atoms with Gasteiger partial charge in [-0.3, -0.25) is 4.79 Å². The molecular formula is C20H20N4O2. The van der Waals surface area contributed by atoms with Crippen LogP contribution >= 0.6 is 0 Å². The molecule has 3 aromatic rings. The third-order valence-electron chi connectivity index (χ3n) is 3.91. The summed E-state index contributed by atoms with van der Waals surface area (Å²) < 4.78 is 5.13. The first-order valence-corrected chi connectivity index (χ1v) is 8.33. The van der Waals surface area contributed by atoms with Crippen LogP contribution in [0.4, 0.5) is 17.2 Å². The predicted molar refractivity (Wildman–Crippen MR) is 102 cm³/mol. The number of aromatic nitrogens is 2. The topological polar surface area (TPSA) is 76.1 Å². The Morgan fingerprint density at radius 3 is 2.42 bits per heavy atom. The van der Waals surface area contributed by atoms with Crippen molar-refractivity contribution >= 4 is 23.1 Å². The molecule has 2 aromatic carbocycles. The Morgan fingerprint density at radius 2 is 1.77 bits per heavy atom. The van der Waals surface area contributed by atoms with Gasteiger partial charge in [-0.2, -0.15) is 0 Å². The summed E-state index contributed by atoms with van der Waals surface area (Å²) >= 11 is 0. The van der Waals surface area contributed by atoms with Crippen molar-refractivity contribution in [2.75, 3.05) is 17.7 Å². The summed E-state index contributed by atoms with van der Waals surface area (Å²) in [6.07, 6.45) is 0.840. The standard InChI is InChI=1S/C20H20N4O2/c1-3-14-6-4-5-7-17(14)22-20(25)18-12-13-19(24-23-18)21-15-8-10-16(26-2)11-9-15/h4-13H,3H2,1-2H3,(H,21,24)(H,22,25). The molecule has 0 spiro atoms. The Balaban J connectivity index is 1.67. The molecule has 0 aliphatic heterocycles. The molecule has 0 fully saturated rings. The number of carbonyl (C=O) groups excluding carboxylic acids is 1. The van der Waals surface area contributed by atoms with Crippen LogP contribution in [0.1, 0.15) is 23.0 Å². The van der Waals surface area contributed by atoms with Crippen molar-refractivity contribution in [3.05, 3.63) is 71.9 Å². The highest BCUT2D eigenvalue weighted by Gasteiger charge is 2.10. The van der Waals surface area contributed by atoms with E-state index in [-0.39, 0.29) is 11.6 Å². The molecule has 1 heterocycles. The average Bonchev–Trinajstić information content (AvgIpc) is 2.69. The van der Waals surface area contributed by atoms with Gasteiger partial charge < -0.3 is 15.4 Å². The van der Waals surface area contributed by atoms with E-state index in [1.165, 1.54) is 0 Å². The van der Waals surface area contributed by atoms with Crippen LogP contribution in [0, 0.1) is 0 Å². The number of aryl methyl sites for hydroxylation is 1. The van der Waals surface area contributed by atoms with Crippen LogP contribution in [0.15, 0.2) is 60.7 Å². The molecule has 0 bridgehead atoms. The van der Waals surface area contributed by atoms with Crippen molar-refractivity contribution in [3.63, 3.8) is 0 Å². The van der Waals surface area contributed by atoms with Gasteiger partial charge in [-0.15, -0.1) is 10.2 Å². The maximum atomic E-state index is 12.4. The van der Waals surface area contributed by atoms with E-state index in [0.29, 0.717) is 5.82 Å². The van der Waals surface area contributed by atoms with E-state index in [1.807, 2.05) is 55.5 Å². The maximum absolute atomic E-state index is 12.4. The van der Waals surface area contributed by atoms with Gasteiger partial charge in [0.25, 0.3) is 5.91 Å². The number of ether oxygens (including phenoxy) is 1. The first kappa shape index (κ1) is 17.4. The lowest BCUT2D eigenvalue weighted by Gasteiger charge is -2.09. The van der Waals surface area contributed by atoms with Crippen LogP contribution < -0.4 is 15.4 Å². The molecule has 0 aliphatic rings. The highest BCUT2D eigenvalue weighted by Crippen LogP contribution is 2.19. The summed E-state index contributed by atoms with van der Waals surface area (Å²) in [5, 5.41) is 14.1. The SMILES string of the molecule is CCc1ccccc1NC(=O)c1ccc(Nc2ccc(OC)cc2)nn1. The zero-order chi connectivity index (χ0) is 18.4. The van der Waals surface area contributed by atoms with Crippen molar-refractivity contribution in [3.8, 4) is 5.75 Å². The largest absolute Gasteiger partial charge is 0.497 e. The van der Waals surface area contributed by atoms with Crippen molar-refractivity contribution in [1.29, 1.82) is 0 Å². The molecule has 2 N–H and O–H groups in total. The number of hydrogen-bond acceptors (Lipinski definition) is 5. The van der Waals surface area contributed by atoms with Crippen molar-refractivity contribution in [2.24, 2.45) is 0 Å². The Morgan fingerprint density at radius 1 is 1.00 bits per heavy atom. The molecule has 6 nitrogen and oxygen atoms in total. The highest BCUT2D eigenvalue weighted by atomic mass is 16.5. The molecule has 3 rings (SSSR count). The zero-order valence-electron chi connectivity index (χ0n) is 14.7. The van der Waals surface area contributed by atoms with Crippen molar-refractivity contribution in [2.45, 2.75) is 13.3 Å². The highest BCUT2D eigenvalue weighted by molar-refractivity contribution is 6.03. The lowest BCUT2D eigenvalue weighted by atomic mass is 10.1. The summed E-state index contributed by atoms with van der Waals surface area (Å²) in [5.41, 5.74) is 2.99. The molecule has 0 saturated carbocycles. The second kappa shape index (κ2) is 8.11. The minimum Gasteiger partial charge on any atom is -0.497 e. The number of methoxy groups -OCH3 is 1. The van der Waals surface area contributed by atoms with Gasteiger partial charge in [0.1, 0.15) is 5.75 Å². The minimum absolute atomic E-state index is 0.260. The summed E-state index contributed by atoms with van der Waals surface area (Å²) in [5.74, 6) is 1.05. The number of anilines is 3. The fourth-order valence-corrected chi connectivity index (χ4v) is 2.48. The average molecular weight is 348 g/mol. The molecular weight excluding hydrogens is 328 g/mol. The predicted octanol–water partition coefficient (Wildman–Crippen LogP) is 4.04. The fraction of sp³-hybridized carbons (Fsp3) is 0.150. The number of nitrogens with zero attached hydrogens (tertiary/aromatic N) is 2. The van der Waals surface area contributed by atoms with Gasteiger partial charge >= 0.3 is 0 Å². The van der Waals surface area contributed by atoms with E-state index in [0.717, 1.165) is 29.1 Å². The number of benzene rings is 2. The third kappa shape index (κ3) is 4.16. The summed E-state index contributed by atoms with van der Waals surface area (Å²) in [4.78, 5) is 12.4. The molecule has 0 aliphatic carbocycles. The van der Waals surface area contributed by atoms with Crippen LogP contribution in [-0.4, -0.2) is 23.2 Å². The summed E-state index contributed by atoms with van der Waals surface area (Å²) in [6.45, 7) is 2.05. The summed E-state index contributed by atoms with van der Waals surface area (Å²) in [7, 11) is 1.62. The first-order valence-electron chi connectivity index (χ1n) is 8.33. The Hall–Kier alpha value is -3.41. The molecule has 132 valence electrons. The number of rotatable bonds is 6. The number of para-hydroxylation sites is 1. The van der Waals surface area contributed by atoms with Crippen LogP contribution in [0.3, 0.4) is 0 Å². The van der Waals surface area contributed by atoms with Gasteiger partial charge in [0, 0.05) is 11.4 Å². The van der Waals surface area contributed by atoms with Crippen LogP contribution in [0.2, 0.25) is 0 Å². The summed E-state index contributed by atoms with van der Waals surface area (Å²) in [6, 6.07) is 18.5. The molecule has 0 radical (unpaired) electrons. The molecule has 26 heavy (non-hydrogen) atoms. The molecule has 6 heteroatoms. The second-order valence-corrected chi connectivity index (χ2v) is 5.62. The van der Waals surface area contributed by atoms with Gasteiger partial charge in [-0.05, 0) is 54.4 Å².